The van der Waals surface area contributed by atoms with Gasteiger partial charge in [0.2, 0.25) is 11.7 Å². The molecule has 12 heteroatoms. The molecule has 1 aromatic carbocycles. The van der Waals surface area contributed by atoms with E-state index >= 15 is 0 Å². The number of esters is 2. The summed E-state index contributed by atoms with van der Waals surface area (Å²) in [6.07, 6.45) is -6.94. The van der Waals surface area contributed by atoms with E-state index in [1.807, 2.05) is 0 Å². The predicted octanol–water partition coefficient (Wildman–Crippen LogP) is 1.50. The Morgan fingerprint density at radius 3 is 2.19 bits per heavy atom. The van der Waals surface area contributed by atoms with E-state index in [0.29, 0.717) is 12.1 Å². The highest BCUT2D eigenvalue weighted by Gasteiger charge is 2.64. The highest BCUT2D eigenvalue weighted by molar-refractivity contribution is 6.17. The number of ketones is 1. The number of halogens is 3. The van der Waals surface area contributed by atoms with Crippen LogP contribution in [-0.4, -0.2) is 58.4 Å². The molecule has 9 nitrogen and oxygen atoms in total. The largest absolute Gasteiger partial charge is 0.464 e. The van der Waals surface area contributed by atoms with E-state index in [4.69, 9.17) is 9.57 Å². The van der Waals surface area contributed by atoms with Crippen LogP contribution in [0, 0.1) is 5.21 Å². The van der Waals surface area contributed by atoms with Gasteiger partial charge in [-0.2, -0.15) is 13.2 Å². The minimum atomic E-state index is -4.68. The number of rotatable bonds is 7. The monoisotopic (exact) mass is 447 g/mol. The fourth-order valence-corrected chi connectivity index (χ4v) is 3.22. The van der Waals surface area contributed by atoms with Gasteiger partial charge in [0.1, 0.15) is 5.92 Å². The Bertz CT molecular complexity index is 896. The van der Waals surface area contributed by atoms with Gasteiger partial charge >= 0.3 is 18.1 Å². The number of aliphatic hydroxyl groups is 1. The zero-order valence-electron chi connectivity index (χ0n) is 16.8. The number of aliphatic hydroxyl groups excluding tert-OH is 1. The molecule has 0 unspecified atom stereocenters. The van der Waals surface area contributed by atoms with E-state index in [2.05, 4.69) is 4.74 Å². The number of carbonyl (C=O) groups is 3. The lowest BCUT2D eigenvalue weighted by atomic mass is 9.75. The van der Waals surface area contributed by atoms with E-state index in [-0.39, 0.29) is 23.7 Å². The Kier molecular flexibility index (Phi) is 6.94. The molecule has 31 heavy (non-hydrogen) atoms. The second-order valence-corrected chi connectivity index (χ2v) is 6.49. The molecule has 3 atom stereocenters. The predicted molar refractivity (Wildman–Crippen MR) is 96.6 cm³/mol. The van der Waals surface area contributed by atoms with Crippen LogP contribution in [0.2, 0.25) is 0 Å². The van der Waals surface area contributed by atoms with Gasteiger partial charge in [-0.1, -0.05) is 12.1 Å². The molecule has 0 saturated carbocycles. The van der Waals surface area contributed by atoms with Gasteiger partial charge in [0.05, 0.1) is 18.8 Å². The topological polar surface area (TPSA) is 125 Å². The Hall–Kier alpha value is -3.15. The summed E-state index contributed by atoms with van der Waals surface area (Å²) >= 11 is 0. The lowest BCUT2D eigenvalue weighted by Gasteiger charge is -2.30. The van der Waals surface area contributed by atoms with Gasteiger partial charge in [0, 0.05) is 4.90 Å². The molecule has 1 aliphatic rings. The highest BCUT2D eigenvalue weighted by atomic mass is 19.4. The Morgan fingerprint density at radius 1 is 1.19 bits per heavy atom. The SMILES string of the molecule is CCOC(=O)[C@@H](O)C1=[N+]([O-])O[C@](C(C)=O)(C(=O)OCC)[C@@H]1c1ccc(C(F)(F)F)cc1. The number of hydrogen-bond donors (Lipinski definition) is 1. The molecular weight excluding hydrogens is 427 g/mol. The molecule has 0 spiro atoms. The van der Waals surface area contributed by atoms with Crippen LogP contribution in [0.4, 0.5) is 13.2 Å². The molecule has 0 fully saturated rings. The fourth-order valence-electron chi connectivity index (χ4n) is 3.22. The second kappa shape index (κ2) is 8.92. The van der Waals surface area contributed by atoms with E-state index in [1.54, 1.807) is 0 Å². The lowest BCUT2D eigenvalue weighted by molar-refractivity contribution is -0.745. The van der Waals surface area contributed by atoms with Crippen molar-refractivity contribution in [3.63, 3.8) is 0 Å². The second-order valence-electron chi connectivity index (χ2n) is 6.49. The fraction of sp³-hybridized carbons (Fsp3) is 0.474. The van der Waals surface area contributed by atoms with Gasteiger partial charge in [0.25, 0.3) is 5.71 Å². The standard InChI is InChI=1S/C19H20F3NO8/c1-4-29-16(26)15(25)14-13(11-6-8-12(9-7-11)19(20,21)22)18(10(3)24,31-23(14)28)17(27)30-5-2/h6-9,13,15,25H,4-5H2,1-3H3/t13-,15+,18+/m1/s1. The molecule has 0 aromatic heterocycles. The first kappa shape index (κ1) is 24.1. The van der Waals surface area contributed by atoms with Crippen molar-refractivity contribution in [2.75, 3.05) is 13.2 Å². The molecule has 1 N–H and O–H groups in total. The minimum Gasteiger partial charge on any atom is -0.464 e. The molecule has 0 bridgehead atoms. The summed E-state index contributed by atoms with van der Waals surface area (Å²) in [7, 11) is 0. The van der Waals surface area contributed by atoms with Gasteiger partial charge in [0.15, 0.2) is 5.78 Å². The van der Waals surface area contributed by atoms with E-state index < -0.39 is 52.8 Å². The number of benzene rings is 1. The Morgan fingerprint density at radius 2 is 1.74 bits per heavy atom. The molecule has 0 amide bonds. The summed E-state index contributed by atoms with van der Waals surface area (Å²) < 4.78 is 48.4. The van der Waals surface area contributed by atoms with E-state index in [0.717, 1.165) is 19.1 Å². The number of alkyl halides is 3. The van der Waals surface area contributed by atoms with Crippen molar-refractivity contribution in [1.82, 2.24) is 0 Å². The van der Waals surface area contributed by atoms with Crippen LogP contribution in [-0.2, 0) is 34.9 Å². The molecule has 1 heterocycles. The average Bonchev–Trinajstić information content (AvgIpc) is 3.01. The molecular formula is C19H20F3NO8. The molecule has 1 aliphatic heterocycles. The van der Waals surface area contributed by atoms with Crippen molar-refractivity contribution in [2.24, 2.45) is 0 Å². The van der Waals surface area contributed by atoms with Gasteiger partial charge in [-0.3, -0.25) is 10.0 Å². The first-order chi connectivity index (χ1) is 14.4. The van der Waals surface area contributed by atoms with E-state index in [1.165, 1.54) is 13.8 Å². The first-order valence-corrected chi connectivity index (χ1v) is 9.14. The average molecular weight is 447 g/mol. The van der Waals surface area contributed by atoms with Gasteiger partial charge < -0.3 is 19.4 Å². The maximum absolute atomic E-state index is 12.9. The molecule has 0 aliphatic carbocycles. The van der Waals surface area contributed by atoms with Crippen molar-refractivity contribution in [3.8, 4) is 0 Å². The van der Waals surface area contributed by atoms with E-state index in [9.17, 15) is 37.9 Å². The summed E-state index contributed by atoms with van der Waals surface area (Å²) in [6.45, 7) is 3.37. The van der Waals surface area contributed by atoms with Crippen molar-refractivity contribution in [2.45, 2.75) is 44.6 Å². The van der Waals surface area contributed by atoms with Crippen molar-refractivity contribution in [3.05, 3.63) is 40.6 Å². The summed E-state index contributed by atoms with van der Waals surface area (Å²) in [4.78, 5) is 41.9. The Balaban J connectivity index is 2.70. The third-order valence-electron chi connectivity index (χ3n) is 4.60. The molecule has 0 radical (unpaired) electrons. The van der Waals surface area contributed by atoms with Crippen molar-refractivity contribution in [1.29, 1.82) is 0 Å². The summed E-state index contributed by atoms with van der Waals surface area (Å²) in [5.41, 5.74) is -4.68. The summed E-state index contributed by atoms with van der Waals surface area (Å²) in [5, 5.41) is 22.9. The van der Waals surface area contributed by atoms with Crippen molar-refractivity contribution < 1.29 is 51.9 Å². The highest BCUT2D eigenvalue weighted by Crippen LogP contribution is 2.42. The maximum atomic E-state index is 12.9. The number of Topliss-reactive ketones (excluding diaryl/α,β-unsaturated/α-hetero) is 1. The van der Waals surface area contributed by atoms with Crippen LogP contribution in [0.25, 0.3) is 0 Å². The molecule has 170 valence electrons. The third kappa shape index (κ3) is 4.33. The van der Waals surface area contributed by atoms with Crippen LogP contribution in [0.15, 0.2) is 24.3 Å². The van der Waals surface area contributed by atoms with Gasteiger partial charge in [-0.25, -0.2) is 9.59 Å². The smallest absolute Gasteiger partial charge is 0.416 e. The number of carbonyl (C=O) groups excluding carboxylic acids is 3. The van der Waals surface area contributed by atoms with Crippen LogP contribution in [0.3, 0.4) is 0 Å². The molecule has 1 aromatic rings. The normalized spacial score (nSPS) is 22.0. The minimum absolute atomic E-state index is 0.163. The van der Waals surface area contributed by atoms with Gasteiger partial charge in [-0.05, 0) is 38.5 Å². The van der Waals surface area contributed by atoms with Crippen molar-refractivity contribution >= 4 is 23.4 Å². The molecule has 2 rings (SSSR count). The number of hydrogen-bond acceptors (Lipinski definition) is 8. The maximum Gasteiger partial charge on any atom is 0.416 e. The third-order valence-corrected chi connectivity index (χ3v) is 4.60. The zero-order valence-corrected chi connectivity index (χ0v) is 16.8. The van der Waals surface area contributed by atoms with Crippen LogP contribution in [0.1, 0.15) is 37.8 Å². The van der Waals surface area contributed by atoms with Crippen LogP contribution >= 0.6 is 0 Å². The summed E-state index contributed by atoms with van der Waals surface area (Å²) in [6, 6.07) is 3.13. The number of nitrogens with zero attached hydrogens (tertiary/aromatic N) is 1. The van der Waals surface area contributed by atoms with Crippen LogP contribution < -0.4 is 0 Å². The zero-order chi connectivity index (χ0) is 23.6. The summed E-state index contributed by atoms with van der Waals surface area (Å²) in [5.74, 6) is -5.37. The quantitative estimate of drug-likeness (QED) is 0.379. The van der Waals surface area contributed by atoms with Crippen LogP contribution in [0.5, 0.6) is 0 Å². The number of ether oxygens (including phenoxy) is 2. The first-order valence-electron chi connectivity index (χ1n) is 9.14. The Labute approximate surface area is 174 Å². The molecule has 0 saturated heterocycles. The lowest BCUT2D eigenvalue weighted by Crippen LogP contribution is -2.53. The van der Waals surface area contributed by atoms with Gasteiger partial charge in [-0.15, -0.1) is 0 Å².